The summed E-state index contributed by atoms with van der Waals surface area (Å²) in [7, 11) is 1.67. The molecule has 0 aliphatic heterocycles. The third-order valence-corrected chi connectivity index (χ3v) is 4.43. The third-order valence-electron chi connectivity index (χ3n) is 2.51. The Morgan fingerprint density at radius 3 is 3.00 bits per heavy atom. The van der Waals surface area contributed by atoms with Crippen molar-refractivity contribution in [3.05, 3.63) is 35.7 Å². The van der Waals surface area contributed by atoms with Crippen LogP contribution >= 0.6 is 23.3 Å². The first kappa shape index (κ1) is 13.3. The predicted octanol–water partition coefficient (Wildman–Crippen LogP) is 2.65. The minimum Gasteiger partial charge on any atom is -0.496 e. The number of methoxy groups -OCH3 is 1. The van der Waals surface area contributed by atoms with E-state index in [1.54, 1.807) is 25.2 Å². The van der Waals surface area contributed by atoms with Gasteiger partial charge in [-0.15, -0.1) is 0 Å². The van der Waals surface area contributed by atoms with E-state index in [1.807, 2.05) is 19.1 Å². The van der Waals surface area contributed by atoms with Crippen LogP contribution in [0.1, 0.15) is 17.2 Å². The van der Waals surface area contributed by atoms with Crippen molar-refractivity contribution >= 4 is 23.3 Å². The van der Waals surface area contributed by atoms with Crippen molar-refractivity contribution in [2.24, 2.45) is 5.73 Å². The van der Waals surface area contributed by atoms with Crippen LogP contribution in [0.15, 0.2) is 28.9 Å². The molecule has 96 valence electrons. The highest BCUT2D eigenvalue weighted by Crippen LogP contribution is 2.29. The van der Waals surface area contributed by atoms with Crippen LogP contribution < -0.4 is 10.5 Å². The van der Waals surface area contributed by atoms with E-state index in [-0.39, 0.29) is 6.04 Å². The van der Waals surface area contributed by atoms with Gasteiger partial charge in [0, 0.05) is 17.4 Å². The fourth-order valence-corrected chi connectivity index (χ4v) is 3.07. The number of hydrogen-bond donors (Lipinski definition) is 1. The molecular formula is C12H15N3OS2. The van der Waals surface area contributed by atoms with Crippen LogP contribution in [-0.2, 0) is 0 Å². The molecule has 6 heteroatoms. The number of hydrogen-bond acceptors (Lipinski definition) is 6. The molecule has 2 aromatic rings. The van der Waals surface area contributed by atoms with E-state index < -0.39 is 0 Å². The lowest BCUT2D eigenvalue weighted by molar-refractivity contribution is 0.407. The van der Waals surface area contributed by atoms with Gasteiger partial charge >= 0.3 is 0 Å². The highest BCUT2D eigenvalue weighted by atomic mass is 32.2. The van der Waals surface area contributed by atoms with Crippen LogP contribution in [-0.4, -0.2) is 22.2 Å². The van der Waals surface area contributed by atoms with Gasteiger partial charge in [0.2, 0.25) is 0 Å². The minimum absolute atomic E-state index is 0.0752. The predicted molar refractivity (Wildman–Crippen MR) is 75.3 cm³/mol. The smallest absolute Gasteiger partial charge is 0.169 e. The molecule has 1 aromatic carbocycles. The molecule has 18 heavy (non-hydrogen) atoms. The first-order valence-electron chi connectivity index (χ1n) is 5.50. The lowest BCUT2D eigenvalue weighted by Crippen LogP contribution is -2.14. The average molecular weight is 281 g/mol. The summed E-state index contributed by atoms with van der Waals surface area (Å²) in [5.41, 5.74) is 8.43. The standard InChI is InChI=1S/C12H15N3OS2/c1-8-3-4-11(16-2)9(5-8)10(13)6-17-12-14-7-15-18-12/h3-5,7,10H,6,13H2,1-2H3. The van der Waals surface area contributed by atoms with E-state index in [0.717, 1.165) is 21.4 Å². The molecular weight excluding hydrogens is 266 g/mol. The molecule has 2 N–H and O–H groups in total. The zero-order valence-electron chi connectivity index (χ0n) is 10.3. The second-order valence-corrected chi connectivity index (χ2v) is 5.92. The van der Waals surface area contributed by atoms with E-state index in [4.69, 9.17) is 10.5 Å². The fraction of sp³-hybridized carbons (Fsp3) is 0.333. The molecule has 0 aliphatic carbocycles. The SMILES string of the molecule is COc1ccc(C)cc1C(N)CSc1ncns1. The van der Waals surface area contributed by atoms with Gasteiger partial charge in [-0.05, 0) is 24.5 Å². The summed E-state index contributed by atoms with van der Waals surface area (Å²) in [5, 5.41) is 0. The van der Waals surface area contributed by atoms with Gasteiger partial charge in [-0.2, -0.15) is 4.37 Å². The summed E-state index contributed by atoms with van der Waals surface area (Å²) in [6.45, 7) is 2.05. The molecule has 1 atom stereocenters. The van der Waals surface area contributed by atoms with Gasteiger partial charge < -0.3 is 10.5 Å². The number of aryl methyl sites for hydroxylation is 1. The molecule has 0 bridgehead atoms. The van der Waals surface area contributed by atoms with Crippen molar-refractivity contribution < 1.29 is 4.74 Å². The van der Waals surface area contributed by atoms with Gasteiger partial charge in [0.1, 0.15) is 12.1 Å². The topological polar surface area (TPSA) is 61.0 Å². The third kappa shape index (κ3) is 3.22. The Morgan fingerprint density at radius 1 is 1.50 bits per heavy atom. The van der Waals surface area contributed by atoms with Crippen molar-refractivity contribution in [1.29, 1.82) is 0 Å². The van der Waals surface area contributed by atoms with Crippen LogP contribution in [0.4, 0.5) is 0 Å². The molecule has 0 aliphatic rings. The lowest BCUT2D eigenvalue weighted by atomic mass is 10.1. The Labute approximate surface area is 115 Å². The van der Waals surface area contributed by atoms with Gasteiger partial charge in [-0.3, -0.25) is 0 Å². The number of aromatic nitrogens is 2. The molecule has 0 saturated heterocycles. The second kappa shape index (κ2) is 6.17. The Morgan fingerprint density at radius 2 is 2.33 bits per heavy atom. The monoisotopic (exact) mass is 281 g/mol. The number of thioether (sulfide) groups is 1. The van der Waals surface area contributed by atoms with Crippen molar-refractivity contribution in [3.8, 4) is 5.75 Å². The summed E-state index contributed by atoms with van der Waals surface area (Å²) >= 11 is 3.01. The van der Waals surface area contributed by atoms with Crippen molar-refractivity contribution in [3.63, 3.8) is 0 Å². The van der Waals surface area contributed by atoms with Crippen LogP contribution in [0, 0.1) is 6.92 Å². The van der Waals surface area contributed by atoms with Crippen LogP contribution in [0.5, 0.6) is 5.75 Å². The summed E-state index contributed by atoms with van der Waals surface area (Å²) < 4.78 is 10.3. The molecule has 1 unspecified atom stereocenters. The van der Waals surface area contributed by atoms with E-state index in [0.29, 0.717) is 0 Å². The van der Waals surface area contributed by atoms with Gasteiger partial charge in [0.05, 0.1) is 7.11 Å². The summed E-state index contributed by atoms with van der Waals surface area (Å²) in [6.07, 6.45) is 1.56. The zero-order chi connectivity index (χ0) is 13.0. The highest BCUT2D eigenvalue weighted by Gasteiger charge is 2.13. The Bertz CT molecular complexity index is 502. The molecule has 4 nitrogen and oxygen atoms in total. The van der Waals surface area contributed by atoms with Crippen molar-refractivity contribution in [1.82, 2.24) is 9.36 Å². The molecule has 0 saturated carbocycles. The number of rotatable bonds is 5. The quantitative estimate of drug-likeness (QED) is 0.854. The number of benzene rings is 1. The average Bonchev–Trinajstić information content (AvgIpc) is 2.89. The number of nitrogens with two attached hydrogens (primary N) is 1. The Kier molecular flexibility index (Phi) is 4.57. The molecule has 0 fully saturated rings. The molecule has 0 spiro atoms. The van der Waals surface area contributed by atoms with Crippen LogP contribution in [0.25, 0.3) is 0 Å². The zero-order valence-corrected chi connectivity index (χ0v) is 11.9. The second-order valence-electron chi connectivity index (χ2n) is 3.87. The number of nitrogens with zero attached hydrogens (tertiary/aromatic N) is 2. The van der Waals surface area contributed by atoms with Gasteiger partial charge in [-0.1, -0.05) is 29.5 Å². The van der Waals surface area contributed by atoms with E-state index in [9.17, 15) is 0 Å². The normalized spacial score (nSPS) is 12.4. The van der Waals surface area contributed by atoms with E-state index in [2.05, 4.69) is 15.4 Å². The van der Waals surface area contributed by atoms with Crippen molar-refractivity contribution in [2.45, 2.75) is 17.3 Å². The molecule has 1 aromatic heterocycles. The lowest BCUT2D eigenvalue weighted by Gasteiger charge is -2.15. The Hall–Kier alpha value is -1.11. The summed E-state index contributed by atoms with van der Waals surface area (Å²) in [6, 6.07) is 5.98. The summed E-state index contributed by atoms with van der Waals surface area (Å²) in [5.74, 6) is 1.60. The largest absolute Gasteiger partial charge is 0.496 e. The van der Waals surface area contributed by atoms with E-state index >= 15 is 0 Å². The van der Waals surface area contributed by atoms with Gasteiger partial charge in [0.15, 0.2) is 4.34 Å². The maximum Gasteiger partial charge on any atom is 0.169 e. The number of ether oxygens (including phenoxy) is 1. The molecule has 0 radical (unpaired) electrons. The van der Waals surface area contributed by atoms with Crippen molar-refractivity contribution in [2.75, 3.05) is 12.9 Å². The van der Waals surface area contributed by atoms with E-state index in [1.165, 1.54) is 17.1 Å². The first-order chi connectivity index (χ1) is 8.70. The van der Waals surface area contributed by atoms with Gasteiger partial charge in [0.25, 0.3) is 0 Å². The van der Waals surface area contributed by atoms with Crippen LogP contribution in [0.3, 0.4) is 0 Å². The maximum absolute atomic E-state index is 6.21. The highest BCUT2D eigenvalue weighted by molar-refractivity contribution is 8.00. The van der Waals surface area contributed by atoms with Gasteiger partial charge in [-0.25, -0.2) is 4.98 Å². The minimum atomic E-state index is -0.0752. The Balaban J connectivity index is 2.08. The fourth-order valence-electron chi connectivity index (χ4n) is 1.62. The maximum atomic E-state index is 6.21. The molecule has 0 amide bonds. The first-order valence-corrected chi connectivity index (χ1v) is 7.26. The molecule has 1 heterocycles. The van der Waals surface area contributed by atoms with Crippen LogP contribution in [0.2, 0.25) is 0 Å². The molecule has 2 rings (SSSR count). The summed E-state index contributed by atoms with van der Waals surface area (Å²) in [4.78, 5) is 4.13.